The lowest BCUT2D eigenvalue weighted by molar-refractivity contribution is 0.143. The second-order valence-corrected chi connectivity index (χ2v) is 6.65. The van der Waals surface area contributed by atoms with Crippen molar-refractivity contribution in [2.24, 2.45) is 18.9 Å². The molecule has 0 radical (unpaired) electrons. The van der Waals surface area contributed by atoms with Crippen LogP contribution in [0.25, 0.3) is 11.4 Å². The van der Waals surface area contributed by atoms with Crippen molar-refractivity contribution in [3.8, 4) is 17.3 Å². The quantitative estimate of drug-likeness (QED) is 0.873. The summed E-state index contributed by atoms with van der Waals surface area (Å²) in [6.45, 7) is 2.03. The Kier molecular flexibility index (Phi) is 3.36. The molecule has 4 rings (SSSR count). The first-order valence-corrected chi connectivity index (χ1v) is 8.22. The number of rotatable bonds is 3. The molecule has 0 saturated heterocycles. The Morgan fingerprint density at radius 3 is 2.77 bits per heavy atom. The molecule has 0 amide bonds. The summed E-state index contributed by atoms with van der Waals surface area (Å²) in [4.78, 5) is 0. The third-order valence-electron chi connectivity index (χ3n) is 5.29. The minimum absolute atomic E-state index is 0.339. The predicted octanol–water partition coefficient (Wildman–Crippen LogP) is 3.14. The van der Waals surface area contributed by atoms with E-state index in [9.17, 15) is 0 Å². The van der Waals surface area contributed by atoms with Gasteiger partial charge in [-0.25, -0.2) is 0 Å². The maximum absolute atomic E-state index is 6.13. The molecule has 2 aromatic heterocycles. The smallest absolute Gasteiger partial charge is 0.233 e. The standard InChI is InChI=1S/C17H22N4O/c1-11-10-18-21(2)17(11)14-7-9-16(20-19-14)22-15-8-6-12-4-3-5-13(12)15/h7,9-10,12-13,15H,3-6,8H2,1-2H3. The molecule has 2 aliphatic rings. The lowest BCUT2D eigenvalue weighted by Gasteiger charge is -2.19. The highest BCUT2D eigenvalue weighted by Gasteiger charge is 2.40. The number of hydrogen-bond acceptors (Lipinski definition) is 4. The van der Waals surface area contributed by atoms with Crippen LogP contribution in [0.2, 0.25) is 0 Å². The maximum Gasteiger partial charge on any atom is 0.233 e. The van der Waals surface area contributed by atoms with E-state index in [1.807, 2.05) is 37.0 Å². The Morgan fingerprint density at radius 1 is 1.14 bits per heavy atom. The molecule has 5 heteroatoms. The van der Waals surface area contributed by atoms with Crippen molar-refractivity contribution in [1.82, 2.24) is 20.0 Å². The van der Waals surface area contributed by atoms with Crippen molar-refractivity contribution in [3.05, 3.63) is 23.9 Å². The van der Waals surface area contributed by atoms with E-state index in [0.717, 1.165) is 28.8 Å². The van der Waals surface area contributed by atoms with Gasteiger partial charge in [0, 0.05) is 13.1 Å². The minimum Gasteiger partial charge on any atom is -0.473 e. The largest absolute Gasteiger partial charge is 0.473 e. The van der Waals surface area contributed by atoms with Gasteiger partial charge in [-0.15, -0.1) is 10.2 Å². The molecule has 0 N–H and O–H groups in total. The molecular weight excluding hydrogens is 276 g/mol. The van der Waals surface area contributed by atoms with Crippen molar-refractivity contribution in [2.45, 2.75) is 45.1 Å². The van der Waals surface area contributed by atoms with E-state index in [1.165, 1.54) is 32.1 Å². The second kappa shape index (κ2) is 5.38. The summed E-state index contributed by atoms with van der Waals surface area (Å²) < 4.78 is 7.96. The van der Waals surface area contributed by atoms with Gasteiger partial charge in [0.2, 0.25) is 5.88 Å². The first kappa shape index (κ1) is 13.7. The minimum atomic E-state index is 0.339. The molecule has 2 heterocycles. The molecule has 2 aliphatic carbocycles. The van der Waals surface area contributed by atoms with Crippen molar-refractivity contribution < 1.29 is 4.74 Å². The van der Waals surface area contributed by atoms with Gasteiger partial charge in [0.05, 0.1) is 11.9 Å². The molecule has 116 valence electrons. The Morgan fingerprint density at radius 2 is 2.05 bits per heavy atom. The third-order valence-corrected chi connectivity index (χ3v) is 5.29. The van der Waals surface area contributed by atoms with Gasteiger partial charge in [-0.3, -0.25) is 4.68 Å². The normalized spacial score (nSPS) is 27.1. The predicted molar refractivity (Wildman–Crippen MR) is 83.5 cm³/mol. The van der Waals surface area contributed by atoms with E-state index >= 15 is 0 Å². The number of aryl methyl sites for hydroxylation is 2. The van der Waals surface area contributed by atoms with Crippen LogP contribution in [0.5, 0.6) is 5.88 Å². The van der Waals surface area contributed by atoms with Gasteiger partial charge in [0.1, 0.15) is 11.8 Å². The van der Waals surface area contributed by atoms with Gasteiger partial charge >= 0.3 is 0 Å². The van der Waals surface area contributed by atoms with Crippen molar-refractivity contribution in [3.63, 3.8) is 0 Å². The topological polar surface area (TPSA) is 52.8 Å². The van der Waals surface area contributed by atoms with Gasteiger partial charge in [-0.1, -0.05) is 12.8 Å². The molecule has 0 bridgehead atoms. The van der Waals surface area contributed by atoms with Crippen LogP contribution in [-0.2, 0) is 7.05 Å². The summed E-state index contributed by atoms with van der Waals surface area (Å²) in [5, 5.41) is 12.9. The van der Waals surface area contributed by atoms with E-state index in [2.05, 4.69) is 15.3 Å². The zero-order valence-electron chi connectivity index (χ0n) is 13.2. The van der Waals surface area contributed by atoms with Gasteiger partial charge in [0.25, 0.3) is 0 Å². The zero-order valence-corrected chi connectivity index (χ0v) is 13.2. The van der Waals surface area contributed by atoms with Crippen LogP contribution < -0.4 is 4.74 Å². The highest BCUT2D eigenvalue weighted by atomic mass is 16.5. The van der Waals surface area contributed by atoms with Crippen molar-refractivity contribution in [2.75, 3.05) is 0 Å². The lowest BCUT2D eigenvalue weighted by atomic mass is 9.99. The molecule has 0 spiro atoms. The van der Waals surface area contributed by atoms with Crippen LogP contribution in [0.1, 0.15) is 37.7 Å². The molecule has 5 nitrogen and oxygen atoms in total. The number of fused-ring (bicyclic) bond motifs is 1. The van der Waals surface area contributed by atoms with Gasteiger partial charge in [-0.2, -0.15) is 5.10 Å². The number of ether oxygens (including phenoxy) is 1. The highest BCUT2D eigenvalue weighted by molar-refractivity contribution is 5.58. The molecule has 0 aromatic carbocycles. The van der Waals surface area contributed by atoms with Gasteiger partial charge < -0.3 is 4.74 Å². The molecule has 3 atom stereocenters. The van der Waals surface area contributed by atoms with Crippen LogP contribution in [0.15, 0.2) is 18.3 Å². The summed E-state index contributed by atoms with van der Waals surface area (Å²) in [5.74, 6) is 2.27. The molecule has 0 aliphatic heterocycles. The van der Waals surface area contributed by atoms with E-state index in [4.69, 9.17) is 4.74 Å². The Balaban J connectivity index is 1.50. The van der Waals surface area contributed by atoms with Crippen molar-refractivity contribution in [1.29, 1.82) is 0 Å². The first-order chi connectivity index (χ1) is 10.7. The average Bonchev–Trinajstić information content (AvgIpc) is 3.19. The summed E-state index contributed by atoms with van der Waals surface area (Å²) in [5.41, 5.74) is 2.96. The molecular formula is C17H22N4O. The summed E-state index contributed by atoms with van der Waals surface area (Å²) in [7, 11) is 1.92. The van der Waals surface area contributed by atoms with Crippen LogP contribution in [0.3, 0.4) is 0 Å². The van der Waals surface area contributed by atoms with E-state index < -0.39 is 0 Å². The first-order valence-electron chi connectivity index (χ1n) is 8.22. The summed E-state index contributed by atoms with van der Waals surface area (Å²) >= 11 is 0. The van der Waals surface area contributed by atoms with E-state index in [1.54, 1.807) is 0 Å². The fraction of sp³-hybridized carbons (Fsp3) is 0.588. The lowest BCUT2D eigenvalue weighted by Crippen LogP contribution is -2.22. The Hall–Kier alpha value is -1.91. The Labute approximate surface area is 130 Å². The van der Waals surface area contributed by atoms with Gasteiger partial charge in [-0.05, 0) is 49.7 Å². The van der Waals surface area contributed by atoms with Crippen LogP contribution in [-0.4, -0.2) is 26.1 Å². The monoisotopic (exact) mass is 298 g/mol. The fourth-order valence-electron chi connectivity index (χ4n) is 4.23. The van der Waals surface area contributed by atoms with E-state index in [-0.39, 0.29) is 0 Å². The molecule has 3 unspecified atom stereocenters. The fourth-order valence-corrected chi connectivity index (χ4v) is 4.23. The SMILES string of the molecule is Cc1cnn(C)c1-c1ccc(OC2CCC3CCCC32)nn1. The number of aromatic nitrogens is 4. The Bertz CT molecular complexity index is 644. The van der Waals surface area contributed by atoms with Crippen LogP contribution in [0, 0.1) is 18.8 Å². The van der Waals surface area contributed by atoms with Crippen molar-refractivity contribution >= 4 is 0 Å². The van der Waals surface area contributed by atoms with Gasteiger partial charge in [0.15, 0.2) is 0 Å². The second-order valence-electron chi connectivity index (χ2n) is 6.65. The molecule has 22 heavy (non-hydrogen) atoms. The molecule has 2 aromatic rings. The zero-order chi connectivity index (χ0) is 15.1. The van der Waals surface area contributed by atoms with E-state index in [0.29, 0.717) is 12.0 Å². The average molecular weight is 298 g/mol. The molecule has 2 fully saturated rings. The number of nitrogens with zero attached hydrogens (tertiary/aromatic N) is 4. The summed E-state index contributed by atoms with van der Waals surface area (Å²) in [6.07, 6.45) is 8.73. The van der Waals surface area contributed by atoms with Crippen LogP contribution >= 0.6 is 0 Å². The number of hydrogen-bond donors (Lipinski definition) is 0. The highest BCUT2D eigenvalue weighted by Crippen LogP contribution is 2.45. The third kappa shape index (κ3) is 2.28. The molecule has 2 saturated carbocycles. The summed E-state index contributed by atoms with van der Waals surface area (Å²) in [6, 6.07) is 3.92. The maximum atomic E-state index is 6.13. The van der Waals surface area contributed by atoms with Crippen LogP contribution in [0.4, 0.5) is 0 Å².